The van der Waals surface area contributed by atoms with Crippen LogP contribution in [0.2, 0.25) is 0 Å². The van der Waals surface area contributed by atoms with Crippen LogP contribution in [0.3, 0.4) is 0 Å². The number of hydrogen-bond acceptors (Lipinski definition) is 1. The molecule has 2 heteroatoms. The Morgan fingerprint density at radius 3 is 1.65 bits per heavy atom. The highest BCUT2D eigenvalue weighted by molar-refractivity contribution is 6.34. The van der Waals surface area contributed by atoms with Gasteiger partial charge in [0.2, 0.25) is 0 Å². The first-order chi connectivity index (χ1) is 11.4. The summed E-state index contributed by atoms with van der Waals surface area (Å²) in [5, 5.41) is 0. The van der Waals surface area contributed by atoms with Gasteiger partial charge in [0.1, 0.15) is 0 Å². The molecular formula is C21H42OSi. The van der Waals surface area contributed by atoms with Crippen molar-refractivity contribution in [2.45, 2.75) is 117 Å². The van der Waals surface area contributed by atoms with E-state index in [0.717, 1.165) is 6.61 Å². The quantitative estimate of drug-likeness (QED) is 0.176. The molecule has 1 nitrogen and oxygen atoms in total. The smallest absolute Gasteiger partial charge is 0.260 e. The van der Waals surface area contributed by atoms with E-state index in [1.807, 2.05) is 0 Å². The van der Waals surface area contributed by atoms with Gasteiger partial charge in [0, 0.05) is 6.61 Å². The van der Waals surface area contributed by atoms with Crippen LogP contribution in [0, 0.1) is 0 Å². The third-order valence-corrected chi connectivity index (χ3v) is 5.09. The fourth-order valence-electron chi connectivity index (χ4n) is 2.77. The molecule has 0 spiro atoms. The van der Waals surface area contributed by atoms with Crippen LogP contribution < -0.4 is 0 Å². The first-order valence-electron chi connectivity index (χ1n) is 10.4. The fourth-order valence-corrected chi connectivity index (χ4v) is 3.39. The van der Waals surface area contributed by atoms with Gasteiger partial charge in [-0.3, -0.25) is 0 Å². The second kappa shape index (κ2) is 21.9. The van der Waals surface area contributed by atoms with E-state index in [4.69, 9.17) is 4.43 Å². The lowest BCUT2D eigenvalue weighted by Crippen LogP contribution is -1.97. The van der Waals surface area contributed by atoms with Crippen molar-refractivity contribution in [2.24, 2.45) is 0 Å². The van der Waals surface area contributed by atoms with Crippen LogP contribution in [0.5, 0.6) is 0 Å². The molecule has 0 unspecified atom stereocenters. The van der Waals surface area contributed by atoms with Crippen molar-refractivity contribution in [1.29, 1.82) is 0 Å². The second-order valence-electron chi connectivity index (χ2n) is 6.75. The van der Waals surface area contributed by atoms with E-state index in [-0.39, 0.29) is 0 Å². The van der Waals surface area contributed by atoms with E-state index in [1.54, 1.807) is 0 Å². The van der Waals surface area contributed by atoms with E-state index >= 15 is 0 Å². The molecule has 0 heterocycles. The normalized spacial score (nSPS) is 11.6. The van der Waals surface area contributed by atoms with Crippen LogP contribution in [0.1, 0.15) is 117 Å². The summed E-state index contributed by atoms with van der Waals surface area (Å²) in [6.45, 7) is 5.50. The fraction of sp³-hybridized carbons (Fsp3) is 0.905. The van der Waals surface area contributed by atoms with Gasteiger partial charge in [-0.05, 0) is 19.3 Å². The number of rotatable bonds is 19. The van der Waals surface area contributed by atoms with E-state index < -0.39 is 0 Å². The molecule has 0 aromatic heterocycles. The lowest BCUT2D eigenvalue weighted by atomic mass is 10.1. The molecule has 0 aromatic carbocycles. The highest BCUT2D eigenvalue weighted by Crippen LogP contribution is 2.11. The van der Waals surface area contributed by atoms with Gasteiger partial charge < -0.3 is 4.43 Å². The molecule has 0 saturated carbocycles. The SMILES string of the molecule is CCCCCCC=C[Si]OCCCCCCCCCCCCC. The zero-order valence-electron chi connectivity index (χ0n) is 16.1. The molecule has 0 aromatic rings. The topological polar surface area (TPSA) is 9.23 Å². The Bertz CT molecular complexity index is 228. The van der Waals surface area contributed by atoms with Gasteiger partial charge in [-0.2, -0.15) is 0 Å². The Kier molecular flexibility index (Phi) is 21.8. The van der Waals surface area contributed by atoms with Crippen LogP contribution in [0.4, 0.5) is 0 Å². The van der Waals surface area contributed by atoms with E-state index in [1.165, 1.54) is 103 Å². The van der Waals surface area contributed by atoms with Crippen LogP contribution in [0.15, 0.2) is 11.8 Å². The van der Waals surface area contributed by atoms with Gasteiger partial charge >= 0.3 is 0 Å². The standard InChI is InChI=1S/C21H42OSi/c1-3-5-7-9-11-12-13-14-15-16-18-20-22-23-21-19-17-10-8-6-4-2/h19,21H,3-18,20H2,1-2H3. The summed E-state index contributed by atoms with van der Waals surface area (Å²) in [6.07, 6.45) is 24.4. The maximum atomic E-state index is 5.68. The number of hydrogen-bond donors (Lipinski definition) is 0. The van der Waals surface area contributed by atoms with Crippen molar-refractivity contribution < 1.29 is 4.43 Å². The third kappa shape index (κ3) is 21.9. The molecule has 0 aliphatic heterocycles. The molecule has 0 N–H and O–H groups in total. The first-order valence-corrected chi connectivity index (χ1v) is 11.4. The van der Waals surface area contributed by atoms with Crippen LogP contribution in [0.25, 0.3) is 0 Å². The average Bonchev–Trinajstić information content (AvgIpc) is 2.57. The lowest BCUT2D eigenvalue weighted by molar-refractivity contribution is 0.325. The Morgan fingerprint density at radius 2 is 1.09 bits per heavy atom. The van der Waals surface area contributed by atoms with Crippen LogP contribution in [-0.2, 0) is 4.43 Å². The minimum atomic E-state index is 0.575. The first kappa shape index (κ1) is 22.9. The van der Waals surface area contributed by atoms with Crippen LogP contribution >= 0.6 is 0 Å². The molecule has 0 amide bonds. The van der Waals surface area contributed by atoms with Gasteiger partial charge in [0.05, 0.1) is 0 Å². The molecule has 0 aliphatic rings. The summed E-state index contributed by atoms with van der Waals surface area (Å²) in [5.74, 6) is 0. The molecule has 0 fully saturated rings. The summed E-state index contributed by atoms with van der Waals surface area (Å²) >= 11 is 0. The molecule has 0 bridgehead atoms. The average molecular weight is 339 g/mol. The lowest BCUT2D eigenvalue weighted by Gasteiger charge is -2.03. The summed E-state index contributed by atoms with van der Waals surface area (Å²) in [6, 6.07) is 0. The highest BCUT2D eigenvalue weighted by Gasteiger charge is 1.93. The minimum Gasteiger partial charge on any atom is -0.412 e. The van der Waals surface area contributed by atoms with Gasteiger partial charge in [-0.1, -0.05) is 109 Å². The van der Waals surface area contributed by atoms with Crippen molar-refractivity contribution in [3.8, 4) is 0 Å². The second-order valence-corrected chi connectivity index (χ2v) is 7.61. The molecule has 0 rings (SSSR count). The summed E-state index contributed by atoms with van der Waals surface area (Å²) in [7, 11) is 0.575. The zero-order chi connectivity index (χ0) is 16.8. The highest BCUT2D eigenvalue weighted by atomic mass is 28.2. The maximum Gasteiger partial charge on any atom is 0.260 e. The van der Waals surface area contributed by atoms with Gasteiger partial charge in [-0.25, -0.2) is 0 Å². The molecular weight excluding hydrogens is 296 g/mol. The van der Waals surface area contributed by atoms with Crippen molar-refractivity contribution in [3.63, 3.8) is 0 Å². The Balaban J connectivity index is 3.01. The Labute approximate surface area is 149 Å². The largest absolute Gasteiger partial charge is 0.412 e. The van der Waals surface area contributed by atoms with E-state index in [0.29, 0.717) is 9.76 Å². The predicted octanol–water partition coefficient (Wildman–Crippen LogP) is 7.42. The monoisotopic (exact) mass is 338 g/mol. The Morgan fingerprint density at radius 1 is 0.609 bits per heavy atom. The van der Waals surface area contributed by atoms with Crippen molar-refractivity contribution >= 4 is 9.76 Å². The van der Waals surface area contributed by atoms with Crippen LogP contribution in [-0.4, -0.2) is 16.4 Å². The molecule has 23 heavy (non-hydrogen) atoms. The Hall–Kier alpha value is -0.0831. The zero-order valence-corrected chi connectivity index (χ0v) is 17.1. The molecule has 0 aliphatic carbocycles. The van der Waals surface area contributed by atoms with E-state index in [2.05, 4.69) is 25.6 Å². The number of unbranched alkanes of at least 4 members (excludes halogenated alkanes) is 14. The predicted molar refractivity (Wildman–Crippen MR) is 106 cm³/mol. The van der Waals surface area contributed by atoms with E-state index in [9.17, 15) is 0 Å². The summed E-state index contributed by atoms with van der Waals surface area (Å²) in [5.41, 5.74) is 2.23. The minimum absolute atomic E-state index is 0.575. The molecule has 2 radical (unpaired) electrons. The number of allylic oxidation sites excluding steroid dienone is 1. The summed E-state index contributed by atoms with van der Waals surface area (Å²) < 4.78 is 5.68. The molecule has 0 saturated heterocycles. The van der Waals surface area contributed by atoms with Gasteiger partial charge in [0.15, 0.2) is 0 Å². The van der Waals surface area contributed by atoms with Crippen molar-refractivity contribution in [3.05, 3.63) is 11.8 Å². The van der Waals surface area contributed by atoms with Gasteiger partial charge in [0.25, 0.3) is 9.76 Å². The summed E-state index contributed by atoms with van der Waals surface area (Å²) in [4.78, 5) is 0. The maximum absolute atomic E-state index is 5.68. The van der Waals surface area contributed by atoms with Crippen molar-refractivity contribution in [1.82, 2.24) is 0 Å². The third-order valence-electron chi connectivity index (χ3n) is 4.34. The molecule has 136 valence electrons. The van der Waals surface area contributed by atoms with Gasteiger partial charge in [-0.15, -0.1) is 0 Å². The molecule has 0 atom stereocenters. The van der Waals surface area contributed by atoms with Crippen molar-refractivity contribution in [2.75, 3.05) is 6.61 Å².